The van der Waals surface area contributed by atoms with E-state index in [-0.39, 0.29) is 12.3 Å². The Hall–Kier alpha value is -2.14. The van der Waals surface area contributed by atoms with Crippen molar-refractivity contribution in [2.75, 3.05) is 7.05 Å². The first-order chi connectivity index (χ1) is 9.97. The summed E-state index contributed by atoms with van der Waals surface area (Å²) >= 11 is 0. The van der Waals surface area contributed by atoms with Crippen molar-refractivity contribution in [1.82, 2.24) is 4.90 Å². The number of carbonyl (C=O) groups is 1. The van der Waals surface area contributed by atoms with E-state index in [1.54, 1.807) is 19.4 Å². The first-order valence-corrected chi connectivity index (χ1v) is 6.68. The second-order valence-electron chi connectivity index (χ2n) is 5.03. The molecule has 0 saturated heterocycles. The van der Waals surface area contributed by atoms with Gasteiger partial charge in [0.2, 0.25) is 5.91 Å². The highest BCUT2D eigenvalue weighted by atomic mass is 19.1. The lowest BCUT2D eigenvalue weighted by Crippen LogP contribution is -2.27. The molecule has 4 nitrogen and oxygen atoms in total. The molecule has 0 radical (unpaired) electrons. The molecule has 1 aromatic carbocycles. The maximum absolute atomic E-state index is 13.1. The minimum Gasteiger partial charge on any atom is -0.469 e. The van der Waals surface area contributed by atoms with Gasteiger partial charge in [-0.05, 0) is 30.7 Å². The fourth-order valence-corrected chi connectivity index (χ4v) is 2.07. The van der Waals surface area contributed by atoms with E-state index in [0.717, 1.165) is 11.3 Å². The van der Waals surface area contributed by atoms with Gasteiger partial charge >= 0.3 is 0 Å². The third-order valence-corrected chi connectivity index (χ3v) is 3.40. The molecule has 0 spiro atoms. The average Bonchev–Trinajstić information content (AvgIpc) is 2.84. The smallest absolute Gasteiger partial charge is 0.225 e. The number of aliphatic hydroxyl groups excluding tert-OH is 1. The normalized spacial score (nSPS) is 12.2. The number of halogens is 1. The molecule has 21 heavy (non-hydrogen) atoms. The minimum atomic E-state index is -1.01. The zero-order valence-electron chi connectivity index (χ0n) is 12.0. The number of benzene rings is 1. The van der Waals surface area contributed by atoms with Crippen LogP contribution in [-0.2, 0) is 11.3 Å². The van der Waals surface area contributed by atoms with Crippen LogP contribution in [0.25, 0.3) is 0 Å². The predicted octanol–water partition coefficient (Wildman–Crippen LogP) is 2.81. The van der Waals surface area contributed by atoms with Crippen LogP contribution in [0.3, 0.4) is 0 Å². The van der Waals surface area contributed by atoms with Crippen LogP contribution >= 0.6 is 0 Å². The van der Waals surface area contributed by atoms with Crippen LogP contribution < -0.4 is 0 Å². The monoisotopic (exact) mass is 291 g/mol. The van der Waals surface area contributed by atoms with E-state index in [4.69, 9.17) is 4.42 Å². The highest BCUT2D eigenvalue weighted by Crippen LogP contribution is 2.19. The molecule has 1 N–H and O–H groups in total. The maximum Gasteiger partial charge on any atom is 0.225 e. The van der Waals surface area contributed by atoms with Crippen LogP contribution in [0.1, 0.15) is 29.4 Å². The van der Waals surface area contributed by atoms with Crippen molar-refractivity contribution in [2.24, 2.45) is 0 Å². The van der Waals surface area contributed by atoms with Gasteiger partial charge in [0.1, 0.15) is 11.6 Å². The van der Waals surface area contributed by atoms with Gasteiger partial charge in [-0.15, -0.1) is 0 Å². The number of furan rings is 1. The summed E-state index contributed by atoms with van der Waals surface area (Å²) in [6.45, 7) is 2.24. The molecule has 2 rings (SSSR count). The van der Waals surface area contributed by atoms with E-state index in [2.05, 4.69) is 0 Å². The molecule has 1 amide bonds. The van der Waals surface area contributed by atoms with Crippen molar-refractivity contribution in [3.63, 3.8) is 0 Å². The molecule has 0 saturated carbocycles. The highest BCUT2D eigenvalue weighted by Gasteiger charge is 2.17. The SMILES string of the molecule is Cc1occc1CN(C)C(=O)CC(O)c1cccc(F)c1. The average molecular weight is 291 g/mol. The van der Waals surface area contributed by atoms with Gasteiger partial charge < -0.3 is 14.4 Å². The number of nitrogens with zero attached hydrogens (tertiary/aromatic N) is 1. The molecule has 0 bridgehead atoms. The molecular weight excluding hydrogens is 273 g/mol. The summed E-state index contributed by atoms with van der Waals surface area (Å²) in [6, 6.07) is 7.45. The third kappa shape index (κ3) is 3.92. The fourth-order valence-electron chi connectivity index (χ4n) is 2.07. The Morgan fingerprint density at radius 2 is 2.19 bits per heavy atom. The molecule has 1 aromatic heterocycles. The fraction of sp³-hybridized carbons (Fsp3) is 0.312. The molecule has 1 heterocycles. The second-order valence-corrected chi connectivity index (χ2v) is 5.03. The summed E-state index contributed by atoms with van der Waals surface area (Å²) in [5.41, 5.74) is 1.32. The summed E-state index contributed by atoms with van der Waals surface area (Å²) in [4.78, 5) is 13.6. The van der Waals surface area contributed by atoms with E-state index in [0.29, 0.717) is 12.1 Å². The van der Waals surface area contributed by atoms with Crippen LogP contribution in [0.2, 0.25) is 0 Å². The molecule has 5 heteroatoms. The quantitative estimate of drug-likeness (QED) is 0.921. The zero-order valence-corrected chi connectivity index (χ0v) is 12.0. The van der Waals surface area contributed by atoms with E-state index in [1.165, 1.54) is 23.1 Å². The molecule has 2 aromatic rings. The summed E-state index contributed by atoms with van der Waals surface area (Å²) in [6.07, 6.45) is 0.475. The van der Waals surface area contributed by atoms with Crippen molar-refractivity contribution in [2.45, 2.75) is 26.0 Å². The minimum absolute atomic E-state index is 0.0865. The molecule has 0 aliphatic heterocycles. The standard InChI is InChI=1S/C16H18FNO3/c1-11-13(6-7-21-11)10-18(2)16(20)9-15(19)12-4-3-5-14(17)8-12/h3-8,15,19H,9-10H2,1-2H3. The predicted molar refractivity (Wildman–Crippen MR) is 75.9 cm³/mol. The molecule has 112 valence electrons. The molecule has 0 fully saturated rings. The topological polar surface area (TPSA) is 53.7 Å². The van der Waals surface area contributed by atoms with Crippen molar-refractivity contribution in [1.29, 1.82) is 0 Å². The second kappa shape index (κ2) is 6.54. The molecular formula is C16H18FNO3. The number of amides is 1. The van der Waals surface area contributed by atoms with Gasteiger partial charge in [0, 0.05) is 19.2 Å². The Morgan fingerprint density at radius 3 is 2.81 bits per heavy atom. The molecule has 0 aliphatic rings. The Labute approximate surface area is 122 Å². The van der Waals surface area contributed by atoms with Crippen LogP contribution in [0, 0.1) is 12.7 Å². The number of aliphatic hydroxyl groups is 1. The van der Waals surface area contributed by atoms with Crippen molar-refractivity contribution in [3.8, 4) is 0 Å². The van der Waals surface area contributed by atoms with Gasteiger partial charge in [0.25, 0.3) is 0 Å². The van der Waals surface area contributed by atoms with Crippen molar-refractivity contribution in [3.05, 3.63) is 59.3 Å². The Bertz CT molecular complexity index is 623. The lowest BCUT2D eigenvalue weighted by Gasteiger charge is -2.19. The zero-order chi connectivity index (χ0) is 15.4. The van der Waals surface area contributed by atoms with E-state index < -0.39 is 11.9 Å². The van der Waals surface area contributed by atoms with Gasteiger partial charge in [-0.25, -0.2) is 4.39 Å². The van der Waals surface area contributed by atoms with Gasteiger partial charge in [0.05, 0.1) is 18.8 Å². The third-order valence-electron chi connectivity index (χ3n) is 3.40. The largest absolute Gasteiger partial charge is 0.469 e. The number of hydrogen-bond acceptors (Lipinski definition) is 3. The summed E-state index contributed by atoms with van der Waals surface area (Å²) in [7, 11) is 1.66. The summed E-state index contributed by atoms with van der Waals surface area (Å²) in [5.74, 6) is 0.120. The number of rotatable bonds is 5. The number of aryl methyl sites for hydroxylation is 1. The first-order valence-electron chi connectivity index (χ1n) is 6.68. The van der Waals surface area contributed by atoms with Crippen molar-refractivity contribution >= 4 is 5.91 Å². The van der Waals surface area contributed by atoms with Gasteiger partial charge in [-0.3, -0.25) is 4.79 Å². The maximum atomic E-state index is 13.1. The van der Waals surface area contributed by atoms with Crippen LogP contribution in [0.5, 0.6) is 0 Å². The van der Waals surface area contributed by atoms with E-state index >= 15 is 0 Å². The Kier molecular flexibility index (Phi) is 4.75. The Balaban J connectivity index is 1.96. The van der Waals surface area contributed by atoms with Crippen LogP contribution in [0.15, 0.2) is 41.0 Å². The van der Waals surface area contributed by atoms with Gasteiger partial charge in [-0.1, -0.05) is 12.1 Å². The van der Waals surface area contributed by atoms with Gasteiger partial charge in [-0.2, -0.15) is 0 Å². The number of hydrogen-bond donors (Lipinski definition) is 1. The van der Waals surface area contributed by atoms with Gasteiger partial charge in [0.15, 0.2) is 0 Å². The van der Waals surface area contributed by atoms with Crippen molar-refractivity contribution < 1.29 is 18.7 Å². The van der Waals surface area contributed by atoms with Crippen LogP contribution in [0.4, 0.5) is 4.39 Å². The highest BCUT2D eigenvalue weighted by molar-refractivity contribution is 5.76. The molecule has 1 atom stereocenters. The Morgan fingerprint density at radius 1 is 1.43 bits per heavy atom. The lowest BCUT2D eigenvalue weighted by atomic mass is 10.1. The summed E-state index contributed by atoms with van der Waals surface area (Å²) < 4.78 is 18.3. The molecule has 1 unspecified atom stereocenters. The summed E-state index contributed by atoms with van der Waals surface area (Å²) in [5, 5.41) is 10.0. The van der Waals surface area contributed by atoms with E-state index in [9.17, 15) is 14.3 Å². The van der Waals surface area contributed by atoms with E-state index in [1.807, 2.05) is 13.0 Å². The number of carbonyl (C=O) groups excluding carboxylic acids is 1. The van der Waals surface area contributed by atoms with Crippen LogP contribution in [-0.4, -0.2) is 23.0 Å². The first kappa shape index (κ1) is 15.3. The lowest BCUT2D eigenvalue weighted by molar-refractivity contribution is -0.132. The molecule has 0 aliphatic carbocycles.